The van der Waals surface area contributed by atoms with Crippen LogP contribution in [0.2, 0.25) is 0 Å². The van der Waals surface area contributed by atoms with Crippen molar-refractivity contribution in [2.24, 2.45) is 0 Å². The van der Waals surface area contributed by atoms with Crippen molar-refractivity contribution in [1.29, 1.82) is 0 Å². The number of hydrogen-bond donors (Lipinski definition) is 0. The fraction of sp³-hybridized carbons (Fsp3) is 0.273. The van der Waals surface area contributed by atoms with Gasteiger partial charge < -0.3 is 9.30 Å². The molecule has 3 aromatic rings. The van der Waals surface area contributed by atoms with Crippen molar-refractivity contribution >= 4 is 26.7 Å². The number of esters is 1. The summed E-state index contributed by atoms with van der Waals surface area (Å²) >= 11 is 0. The van der Waals surface area contributed by atoms with E-state index in [1.165, 1.54) is 29.9 Å². The Labute approximate surface area is 178 Å². The molecule has 0 unspecified atom stereocenters. The lowest BCUT2D eigenvalue weighted by molar-refractivity contribution is 0.0588. The summed E-state index contributed by atoms with van der Waals surface area (Å²) in [5.41, 5.74) is 0.609. The van der Waals surface area contributed by atoms with Gasteiger partial charge in [0.25, 0.3) is 0 Å². The van der Waals surface area contributed by atoms with Crippen LogP contribution in [0.5, 0.6) is 0 Å². The summed E-state index contributed by atoms with van der Waals surface area (Å²) in [5, 5.41) is 0.262. The molecule has 0 radical (unpaired) electrons. The van der Waals surface area contributed by atoms with Gasteiger partial charge in [0.05, 0.1) is 24.1 Å². The molecule has 0 atom stereocenters. The number of pyridine rings is 1. The topological polar surface area (TPSA) is 85.7 Å². The number of para-hydroxylation sites is 1. The normalized spacial score (nSPS) is 16.3. The molecule has 1 aliphatic heterocycles. The van der Waals surface area contributed by atoms with Crippen LogP contribution in [0.15, 0.2) is 53.3 Å². The van der Waals surface area contributed by atoms with E-state index in [0.29, 0.717) is 5.69 Å². The van der Waals surface area contributed by atoms with Crippen LogP contribution < -0.4 is 5.43 Å². The monoisotopic (exact) mass is 444 g/mol. The number of rotatable bonds is 4. The molecule has 4 rings (SSSR count). The average Bonchev–Trinajstić information content (AvgIpc) is 2.76. The number of benzene rings is 2. The summed E-state index contributed by atoms with van der Waals surface area (Å²) in [7, 11) is -1.88. The van der Waals surface area contributed by atoms with Crippen molar-refractivity contribution in [3.05, 3.63) is 75.8 Å². The molecule has 0 saturated carbocycles. The molecule has 7 nitrogen and oxygen atoms in total. The number of ether oxygens (including phenoxy) is 1. The van der Waals surface area contributed by atoms with Crippen LogP contribution in [-0.2, 0) is 21.1 Å². The molecule has 1 saturated heterocycles. The van der Waals surface area contributed by atoms with Gasteiger partial charge in [-0.1, -0.05) is 18.2 Å². The number of hydrogen-bond acceptors (Lipinski definition) is 6. The number of carbonyl (C=O) groups excluding carboxylic acids is 1. The van der Waals surface area contributed by atoms with E-state index in [1.807, 2.05) is 11.0 Å². The number of fused-ring (bicyclic) bond motifs is 1. The Morgan fingerprint density at radius 1 is 1.10 bits per heavy atom. The lowest BCUT2D eigenvalue weighted by atomic mass is 10.0. The smallest absolute Gasteiger partial charge is 0.355 e. The van der Waals surface area contributed by atoms with Gasteiger partial charge in [0.2, 0.25) is 0 Å². The van der Waals surface area contributed by atoms with E-state index >= 15 is 0 Å². The zero-order valence-corrected chi connectivity index (χ0v) is 17.7. The van der Waals surface area contributed by atoms with Gasteiger partial charge in [0.15, 0.2) is 15.3 Å². The molecular formula is C22H21FN2O5S. The number of halogens is 1. The van der Waals surface area contributed by atoms with Crippen molar-refractivity contribution < 1.29 is 22.3 Å². The minimum atomic E-state index is -3.10. The first kappa shape index (κ1) is 21.2. The standard InChI is InChI=1S/C22H21FN2O5S/c1-30-22(27)20-18(14-24-9-11-31(28,29)12-10-24)21(26)17-8-7-15(23)13-19(17)25(20)16-5-3-2-4-6-16/h2-8,13H,9-12,14H2,1H3. The third-order valence-electron chi connectivity index (χ3n) is 5.44. The van der Waals surface area contributed by atoms with Gasteiger partial charge in [0.1, 0.15) is 11.5 Å². The SMILES string of the molecule is COC(=O)c1c(CN2CCS(=O)(=O)CC2)c(=O)c2ccc(F)cc2n1-c1ccccc1. The molecule has 0 aliphatic carbocycles. The average molecular weight is 444 g/mol. The highest BCUT2D eigenvalue weighted by Crippen LogP contribution is 2.24. The van der Waals surface area contributed by atoms with Crippen molar-refractivity contribution in [1.82, 2.24) is 9.47 Å². The van der Waals surface area contributed by atoms with Crippen LogP contribution in [0, 0.1) is 5.82 Å². The van der Waals surface area contributed by atoms with E-state index in [4.69, 9.17) is 4.74 Å². The molecule has 2 aromatic carbocycles. The van der Waals surface area contributed by atoms with E-state index in [1.54, 1.807) is 24.3 Å². The fourth-order valence-corrected chi connectivity index (χ4v) is 5.12. The summed E-state index contributed by atoms with van der Waals surface area (Å²) in [6.45, 7) is 0.600. The van der Waals surface area contributed by atoms with Crippen LogP contribution >= 0.6 is 0 Å². The van der Waals surface area contributed by atoms with E-state index in [0.717, 1.165) is 0 Å². The number of methoxy groups -OCH3 is 1. The van der Waals surface area contributed by atoms with Gasteiger partial charge in [0, 0.05) is 36.3 Å². The van der Waals surface area contributed by atoms with E-state index in [2.05, 4.69) is 0 Å². The summed E-state index contributed by atoms with van der Waals surface area (Å²) in [4.78, 5) is 28.1. The summed E-state index contributed by atoms with van der Waals surface area (Å²) in [5.74, 6) is -1.29. The van der Waals surface area contributed by atoms with E-state index in [-0.39, 0.29) is 53.3 Å². The molecule has 0 bridgehead atoms. The van der Waals surface area contributed by atoms with Crippen molar-refractivity contribution in [3.63, 3.8) is 0 Å². The van der Waals surface area contributed by atoms with E-state index < -0.39 is 27.1 Å². The van der Waals surface area contributed by atoms with Gasteiger partial charge >= 0.3 is 5.97 Å². The Kier molecular flexibility index (Phi) is 5.63. The molecule has 1 aliphatic rings. The first-order chi connectivity index (χ1) is 14.8. The molecule has 1 aromatic heterocycles. The number of carbonyl (C=O) groups is 1. The maximum Gasteiger partial charge on any atom is 0.355 e. The van der Waals surface area contributed by atoms with E-state index in [9.17, 15) is 22.4 Å². The summed E-state index contributed by atoms with van der Waals surface area (Å²) in [6.07, 6.45) is 0. The Balaban J connectivity index is 1.99. The second-order valence-corrected chi connectivity index (χ2v) is 9.71. The highest BCUT2D eigenvalue weighted by Gasteiger charge is 2.28. The maximum atomic E-state index is 14.1. The van der Waals surface area contributed by atoms with Crippen LogP contribution in [0.25, 0.3) is 16.6 Å². The Morgan fingerprint density at radius 2 is 1.77 bits per heavy atom. The van der Waals surface area contributed by atoms with Gasteiger partial charge in [-0.3, -0.25) is 9.69 Å². The third-order valence-corrected chi connectivity index (χ3v) is 7.05. The van der Waals surface area contributed by atoms with Crippen molar-refractivity contribution in [3.8, 4) is 5.69 Å². The summed E-state index contributed by atoms with van der Waals surface area (Å²) < 4.78 is 44.2. The van der Waals surface area contributed by atoms with Crippen LogP contribution in [0.4, 0.5) is 4.39 Å². The van der Waals surface area contributed by atoms with Crippen LogP contribution in [0.3, 0.4) is 0 Å². The van der Waals surface area contributed by atoms with Crippen LogP contribution in [0.1, 0.15) is 16.1 Å². The Morgan fingerprint density at radius 3 is 2.42 bits per heavy atom. The largest absolute Gasteiger partial charge is 0.464 e. The molecule has 162 valence electrons. The Bertz CT molecular complexity index is 1310. The highest BCUT2D eigenvalue weighted by atomic mass is 32.2. The second-order valence-electron chi connectivity index (χ2n) is 7.41. The van der Waals surface area contributed by atoms with Crippen molar-refractivity contribution in [2.75, 3.05) is 31.7 Å². The lowest BCUT2D eigenvalue weighted by Crippen LogP contribution is -2.41. The molecule has 0 spiro atoms. The van der Waals surface area contributed by atoms with Crippen molar-refractivity contribution in [2.45, 2.75) is 6.54 Å². The molecule has 31 heavy (non-hydrogen) atoms. The predicted molar refractivity (Wildman–Crippen MR) is 115 cm³/mol. The molecule has 0 N–H and O–H groups in total. The van der Waals surface area contributed by atoms with Crippen LogP contribution in [-0.4, -0.2) is 55.6 Å². The predicted octanol–water partition coefficient (Wildman–Crippen LogP) is 2.15. The maximum absolute atomic E-state index is 14.1. The number of sulfone groups is 1. The summed E-state index contributed by atoms with van der Waals surface area (Å²) in [6, 6.07) is 12.7. The second kappa shape index (κ2) is 8.24. The molecule has 2 heterocycles. The van der Waals surface area contributed by atoms with Gasteiger partial charge in [-0.05, 0) is 30.3 Å². The Hall–Kier alpha value is -3.04. The lowest BCUT2D eigenvalue weighted by Gasteiger charge is -2.28. The fourth-order valence-electron chi connectivity index (χ4n) is 3.84. The number of aromatic nitrogens is 1. The quantitative estimate of drug-likeness (QED) is 0.574. The molecule has 0 amide bonds. The minimum absolute atomic E-state index is 0.00484. The zero-order chi connectivity index (χ0) is 22.2. The first-order valence-electron chi connectivity index (χ1n) is 9.74. The first-order valence-corrected chi connectivity index (χ1v) is 11.6. The zero-order valence-electron chi connectivity index (χ0n) is 16.9. The minimum Gasteiger partial charge on any atom is -0.464 e. The van der Waals surface area contributed by atoms with Gasteiger partial charge in [-0.2, -0.15) is 0 Å². The number of nitrogens with zero attached hydrogens (tertiary/aromatic N) is 2. The molecule has 1 fully saturated rings. The molecular weight excluding hydrogens is 423 g/mol. The van der Waals surface area contributed by atoms with Gasteiger partial charge in [-0.15, -0.1) is 0 Å². The molecule has 9 heteroatoms. The van der Waals surface area contributed by atoms with Gasteiger partial charge in [-0.25, -0.2) is 17.6 Å². The highest BCUT2D eigenvalue weighted by molar-refractivity contribution is 7.91. The third kappa shape index (κ3) is 4.11.